The molecule has 0 unspecified atom stereocenters. The van der Waals surface area contributed by atoms with Crippen molar-refractivity contribution in [2.45, 2.75) is 19.3 Å². The molecule has 1 aromatic carbocycles. The van der Waals surface area contributed by atoms with E-state index in [-0.39, 0.29) is 17.1 Å². The number of aromatic nitrogens is 3. The molecule has 0 atom stereocenters. The van der Waals surface area contributed by atoms with Gasteiger partial charge in [0.1, 0.15) is 5.56 Å². The molecule has 0 saturated carbocycles. The third-order valence-corrected chi connectivity index (χ3v) is 3.21. The molecule has 3 rings (SSSR count). The SMILES string of the molecule is Cc1noc(C(F)(F)F)c1-c1nc(-c2cccc(C(F)(F)F)c2)no1. The number of aryl methyl sites for hydroxylation is 1. The number of alkyl halides is 6. The van der Waals surface area contributed by atoms with Gasteiger partial charge in [-0.3, -0.25) is 0 Å². The summed E-state index contributed by atoms with van der Waals surface area (Å²) in [5.41, 5.74) is -1.72. The van der Waals surface area contributed by atoms with Gasteiger partial charge in [-0.15, -0.1) is 0 Å². The van der Waals surface area contributed by atoms with Crippen molar-refractivity contribution in [2.24, 2.45) is 0 Å². The maximum absolute atomic E-state index is 12.9. The highest BCUT2D eigenvalue weighted by Gasteiger charge is 2.42. The van der Waals surface area contributed by atoms with Crippen molar-refractivity contribution in [3.8, 4) is 22.8 Å². The van der Waals surface area contributed by atoms with Gasteiger partial charge in [-0.05, 0) is 19.1 Å². The maximum atomic E-state index is 12.9. The van der Waals surface area contributed by atoms with E-state index in [0.29, 0.717) is 0 Å². The summed E-state index contributed by atoms with van der Waals surface area (Å²) >= 11 is 0. The Kier molecular flexibility index (Phi) is 3.81. The second-order valence-electron chi connectivity index (χ2n) is 4.97. The summed E-state index contributed by atoms with van der Waals surface area (Å²) in [5.74, 6) is -2.28. The Labute approximate surface area is 135 Å². The van der Waals surface area contributed by atoms with Gasteiger partial charge in [0.25, 0.3) is 11.7 Å². The van der Waals surface area contributed by atoms with Crippen LogP contribution in [-0.2, 0) is 12.4 Å². The monoisotopic (exact) mass is 363 g/mol. The molecule has 132 valence electrons. The van der Waals surface area contributed by atoms with Gasteiger partial charge in [-0.2, -0.15) is 31.3 Å². The fourth-order valence-corrected chi connectivity index (χ4v) is 2.09. The Morgan fingerprint density at radius 1 is 0.920 bits per heavy atom. The first-order chi connectivity index (χ1) is 11.6. The quantitative estimate of drug-likeness (QED) is 0.616. The van der Waals surface area contributed by atoms with Crippen molar-refractivity contribution < 1.29 is 35.4 Å². The molecule has 0 spiro atoms. The molecule has 5 nitrogen and oxygen atoms in total. The standard InChI is InChI=1S/C14H7F6N3O2/c1-6-9(10(24-22-6)14(18,19)20)12-21-11(23-25-12)7-3-2-4-8(5-7)13(15,16)17/h2-5H,1H3. The topological polar surface area (TPSA) is 65.0 Å². The number of rotatable bonds is 2. The van der Waals surface area contributed by atoms with Crippen molar-refractivity contribution >= 4 is 0 Å². The zero-order valence-electron chi connectivity index (χ0n) is 12.2. The van der Waals surface area contributed by atoms with Gasteiger partial charge >= 0.3 is 12.4 Å². The van der Waals surface area contributed by atoms with Crippen molar-refractivity contribution in [3.05, 3.63) is 41.3 Å². The lowest BCUT2D eigenvalue weighted by Crippen LogP contribution is -2.05. The molecule has 0 N–H and O–H groups in total. The molecule has 0 radical (unpaired) electrons. The Balaban J connectivity index is 2.04. The predicted molar refractivity (Wildman–Crippen MR) is 70.0 cm³/mol. The molecule has 2 aromatic heterocycles. The first kappa shape index (κ1) is 17.0. The van der Waals surface area contributed by atoms with E-state index in [2.05, 4.69) is 19.8 Å². The molecule has 0 fully saturated rings. The summed E-state index contributed by atoms with van der Waals surface area (Å²) in [5, 5.41) is 6.66. The van der Waals surface area contributed by atoms with E-state index in [1.54, 1.807) is 0 Å². The Morgan fingerprint density at radius 2 is 1.64 bits per heavy atom. The van der Waals surface area contributed by atoms with Crippen molar-refractivity contribution in [1.82, 2.24) is 15.3 Å². The molecule has 3 aromatic rings. The molecular formula is C14H7F6N3O2. The second kappa shape index (κ2) is 5.60. The van der Waals surface area contributed by atoms with E-state index in [1.165, 1.54) is 13.0 Å². The largest absolute Gasteiger partial charge is 0.453 e. The van der Waals surface area contributed by atoms with Crippen molar-refractivity contribution in [1.29, 1.82) is 0 Å². The molecule has 2 heterocycles. The van der Waals surface area contributed by atoms with Crippen LogP contribution in [0.5, 0.6) is 0 Å². The molecule has 0 saturated heterocycles. The van der Waals surface area contributed by atoms with Crippen LogP contribution >= 0.6 is 0 Å². The molecule has 25 heavy (non-hydrogen) atoms. The first-order valence-electron chi connectivity index (χ1n) is 6.62. The molecule has 11 heteroatoms. The average Bonchev–Trinajstić information content (AvgIpc) is 3.12. The maximum Gasteiger partial charge on any atom is 0.453 e. The van der Waals surface area contributed by atoms with Gasteiger partial charge < -0.3 is 9.05 Å². The Morgan fingerprint density at radius 3 is 2.28 bits per heavy atom. The lowest BCUT2D eigenvalue weighted by atomic mass is 10.1. The lowest BCUT2D eigenvalue weighted by Gasteiger charge is -2.06. The van der Waals surface area contributed by atoms with Crippen LogP contribution in [0, 0.1) is 6.92 Å². The van der Waals surface area contributed by atoms with Gasteiger partial charge in [0.05, 0.1) is 11.3 Å². The van der Waals surface area contributed by atoms with Crippen LogP contribution in [0.3, 0.4) is 0 Å². The van der Waals surface area contributed by atoms with Gasteiger partial charge in [0.2, 0.25) is 5.82 Å². The van der Waals surface area contributed by atoms with Crippen LogP contribution in [0.4, 0.5) is 26.3 Å². The third kappa shape index (κ3) is 3.21. The highest BCUT2D eigenvalue weighted by Crippen LogP contribution is 2.39. The zero-order chi connectivity index (χ0) is 18.4. The molecular weight excluding hydrogens is 356 g/mol. The summed E-state index contributed by atoms with van der Waals surface area (Å²) < 4.78 is 86.0. The highest BCUT2D eigenvalue weighted by atomic mass is 19.4. The minimum absolute atomic E-state index is 0.0625. The fraction of sp³-hybridized carbons (Fsp3) is 0.214. The minimum atomic E-state index is -4.85. The van der Waals surface area contributed by atoms with Gasteiger partial charge in [-0.25, -0.2) is 0 Å². The van der Waals surface area contributed by atoms with E-state index in [1.807, 2.05) is 0 Å². The van der Waals surface area contributed by atoms with Crippen LogP contribution in [0.1, 0.15) is 17.0 Å². The summed E-state index contributed by atoms with van der Waals surface area (Å²) in [6, 6.07) is 4.01. The summed E-state index contributed by atoms with van der Waals surface area (Å²) in [6.45, 7) is 1.24. The fourth-order valence-electron chi connectivity index (χ4n) is 2.09. The summed E-state index contributed by atoms with van der Waals surface area (Å²) in [4.78, 5) is 3.74. The number of hydrogen-bond acceptors (Lipinski definition) is 5. The third-order valence-electron chi connectivity index (χ3n) is 3.21. The summed E-state index contributed by atoms with van der Waals surface area (Å²) in [7, 11) is 0. The van der Waals surface area contributed by atoms with E-state index in [0.717, 1.165) is 18.2 Å². The highest BCUT2D eigenvalue weighted by molar-refractivity contribution is 5.63. The Hall–Kier alpha value is -2.85. The van der Waals surface area contributed by atoms with Crippen molar-refractivity contribution in [2.75, 3.05) is 0 Å². The number of benzene rings is 1. The van der Waals surface area contributed by atoms with E-state index in [9.17, 15) is 26.3 Å². The van der Waals surface area contributed by atoms with Crippen LogP contribution in [0.25, 0.3) is 22.8 Å². The van der Waals surface area contributed by atoms with E-state index >= 15 is 0 Å². The van der Waals surface area contributed by atoms with E-state index in [4.69, 9.17) is 4.52 Å². The Bertz CT molecular complexity index is 910. The number of halogens is 6. The lowest BCUT2D eigenvalue weighted by molar-refractivity contribution is -0.155. The molecule has 0 aliphatic carbocycles. The normalized spacial score (nSPS) is 12.6. The van der Waals surface area contributed by atoms with Crippen LogP contribution < -0.4 is 0 Å². The van der Waals surface area contributed by atoms with Crippen LogP contribution in [0.15, 0.2) is 33.3 Å². The van der Waals surface area contributed by atoms with Gasteiger partial charge in [-0.1, -0.05) is 22.4 Å². The van der Waals surface area contributed by atoms with Crippen molar-refractivity contribution in [3.63, 3.8) is 0 Å². The van der Waals surface area contributed by atoms with Crippen LogP contribution in [0.2, 0.25) is 0 Å². The smallest absolute Gasteiger partial charge is 0.351 e. The van der Waals surface area contributed by atoms with E-state index < -0.39 is 35.1 Å². The minimum Gasteiger partial charge on any atom is -0.351 e. The zero-order valence-corrected chi connectivity index (χ0v) is 12.2. The van der Waals surface area contributed by atoms with Gasteiger partial charge in [0.15, 0.2) is 0 Å². The summed E-state index contributed by atoms with van der Waals surface area (Å²) in [6.07, 6.45) is -9.43. The van der Waals surface area contributed by atoms with Gasteiger partial charge in [0, 0.05) is 5.56 Å². The average molecular weight is 363 g/mol. The predicted octanol–water partition coefficient (Wildman–Crippen LogP) is 4.74. The van der Waals surface area contributed by atoms with Crippen LogP contribution in [-0.4, -0.2) is 15.3 Å². The molecule has 0 bridgehead atoms. The molecule has 0 aliphatic rings. The first-order valence-corrected chi connectivity index (χ1v) is 6.62. The molecule has 0 amide bonds. The number of nitrogens with zero attached hydrogens (tertiary/aromatic N) is 3. The molecule has 0 aliphatic heterocycles. The number of hydrogen-bond donors (Lipinski definition) is 0. The second-order valence-corrected chi connectivity index (χ2v) is 4.97.